The molecule has 0 aliphatic heterocycles. The maximum atomic E-state index is 12.6. The highest BCUT2D eigenvalue weighted by Crippen LogP contribution is 2.26. The molecule has 0 radical (unpaired) electrons. The van der Waals surface area contributed by atoms with Gasteiger partial charge in [0, 0.05) is 29.1 Å². The largest absolute Gasteiger partial charge is 0.497 e. The van der Waals surface area contributed by atoms with Gasteiger partial charge in [0.15, 0.2) is 11.0 Å². The first kappa shape index (κ1) is 23.0. The summed E-state index contributed by atoms with van der Waals surface area (Å²) < 4.78 is 6.92. The molecule has 1 aromatic heterocycles. The Kier molecular flexibility index (Phi) is 7.19. The number of amides is 1. The first-order valence-corrected chi connectivity index (χ1v) is 11.3. The van der Waals surface area contributed by atoms with Crippen LogP contribution in [0.2, 0.25) is 0 Å². The number of methoxy groups -OCH3 is 1. The Bertz CT molecular complexity index is 1280. The van der Waals surface area contributed by atoms with E-state index in [2.05, 4.69) is 15.5 Å². The minimum Gasteiger partial charge on any atom is -0.497 e. The lowest BCUT2D eigenvalue weighted by Crippen LogP contribution is -2.24. The highest BCUT2D eigenvalue weighted by atomic mass is 32.2. The predicted molar refractivity (Wildman–Crippen MR) is 128 cm³/mol. The van der Waals surface area contributed by atoms with Gasteiger partial charge in [-0.1, -0.05) is 42.1 Å². The summed E-state index contributed by atoms with van der Waals surface area (Å²) in [6, 6.07) is 22.9. The van der Waals surface area contributed by atoms with Crippen molar-refractivity contribution in [1.82, 2.24) is 20.1 Å². The number of hydrogen-bond donors (Lipinski definition) is 1. The molecule has 34 heavy (non-hydrogen) atoms. The molecule has 0 saturated heterocycles. The average molecular weight is 476 g/mol. The third-order valence-electron chi connectivity index (χ3n) is 4.99. The minimum atomic E-state index is -0.447. The number of carbonyl (C=O) groups is 1. The number of ether oxygens (including phenoxy) is 1. The smallest absolute Gasteiger partial charge is 0.269 e. The van der Waals surface area contributed by atoms with Crippen LogP contribution in [0.1, 0.15) is 21.7 Å². The van der Waals surface area contributed by atoms with Crippen molar-refractivity contribution < 1.29 is 14.5 Å². The van der Waals surface area contributed by atoms with Crippen molar-refractivity contribution in [1.29, 1.82) is 0 Å². The molecule has 0 unspecified atom stereocenters. The van der Waals surface area contributed by atoms with Crippen LogP contribution in [0, 0.1) is 10.1 Å². The fourth-order valence-corrected chi connectivity index (χ4v) is 4.14. The molecule has 0 fully saturated rings. The molecule has 4 aromatic rings. The fourth-order valence-electron chi connectivity index (χ4n) is 3.22. The highest BCUT2D eigenvalue weighted by Gasteiger charge is 2.17. The second-order valence-corrected chi connectivity index (χ2v) is 8.14. The lowest BCUT2D eigenvalue weighted by Gasteiger charge is -2.11. The molecule has 9 nitrogen and oxygen atoms in total. The summed E-state index contributed by atoms with van der Waals surface area (Å²) in [6.45, 7) is 0.126. The molecule has 0 spiro atoms. The number of hydrogen-bond acceptors (Lipinski definition) is 7. The van der Waals surface area contributed by atoms with Crippen LogP contribution in [0.25, 0.3) is 5.69 Å². The van der Waals surface area contributed by atoms with Crippen LogP contribution in [0.4, 0.5) is 5.69 Å². The fraction of sp³-hybridized carbons (Fsp3) is 0.125. The van der Waals surface area contributed by atoms with E-state index in [1.807, 2.05) is 30.3 Å². The van der Waals surface area contributed by atoms with Crippen LogP contribution in [0.3, 0.4) is 0 Å². The predicted octanol–water partition coefficient (Wildman–Crippen LogP) is 4.41. The van der Waals surface area contributed by atoms with E-state index in [-0.39, 0.29) is 18.1 Å². The summed E-state index contributed by atoms with van der Waals surface area (Å²) in [4.78, 5) is 23.2. The van der Waals surface area contributed by atoms with E-state index in [4.69, 9.17) is 4.74 Å². The topological polar surface area (TPSA) is 112 Å². The summed E-state index contributed by atoms with van der Waals surface area (Å²) >= 11 is 1.49. The molecule has 1 amide bonds. The quantitative estimate of drug-likeness (QED) is 0.217. The molecular weight excluding hydrogens is 454 g/mol. The van der Waals surface area contributed by atoms with Crippen molar-refractivity contribution in [2.75, 3.05) is 7.11 Å². The van der Waals surface area contributed by atoms with Gasteiger partial charge in [0.1, 0.15) is 5.75 Å². The van der Waals surface area contributed by atoms with Crippen molar-refractivity contribution in [2.24, 2.45) is 0 Å². The number of nitrogens with one attached hydrogen (secondary N) is 1. The number of nitro groups is 1. The molecule has 1 heterocycles. The minimum absolute atomic E-state index is 0.00956. The van der Waals surface area contributed by atoms with Gasteiger partial charge in [0.2, 0.25) is 0 Å². The van der Waals surface area contributed by atoms with Gasteiger partial charge >= 0.3 is 0 Å². The Morgan fingerprint density at radius 1 is 1.03 bits per heavy atom. The molecule has 1 N–H and O–H groups in total. The summed E-state index contributed by atoms with van der Waals surface area (Å²) in [5, 5.41) is 23.1. The average Bonchev–Trinajstić information content (AvgIpc) is 3.29. The highest BCUT2D eigenvalue weighted by molar-refractivity contribution is 7.98. The van der Waals surface area contributed by atoms with Crippen LogP contribution >= 0.6 is 11.8 Å². The van der Waals surface area contributed by atoms with Crippen LogP contribution in [-0.4, -0.2) is 32.7 Å². The van der Waals surface area contributed by atoms with Crippen molar-refractivity contribution in [3.05, 3.63) is 106 Å². The summed E-state index contributed by atoms with van der Waals surface area (Å²) in [7, 11) is 1.56. The van der Waals surface area contributed by atoms with Crippen LogP contribution < -0.4 is 10.1 Å². The van der Waals surface area contributed by atoms with Crippen molar-refractivity contribution >= 4 is 23.4 Å². The maximum absolute atomic E-state index is 12.6. The Morgan fingerprint density at radius 3 is 2.38 bits per heavy atom. The molecule has 0 atom stereocenters. The van der Waals surface area contributed by atoms with Gasteiger partial charge < -0.3 is 10.1 Å². The molecule has 0 bridgehead atoms. The number of carbonyl (C=O) groups excluding carboxylic acids is 1. The lowest BCUT2D eigenvalue weighted by molar-refractivity contribution is -0.384. The van der Waals surface area contributed by atoms with Crippen molar-refractivity contribution in [2.45, 2.75) is 17.5 Å². The molecular formula is C24H21N5O4S. The van der Waals surface area contributed by atoms with Crippen LogP contribution in [-0.2, 0) is 12.3 Å². The first-order chi connectivity index (χ1) is 16.5. The molecule has 10 heteroatoms. The van der Waals surface area contributed by atoms with E-state index in [1.54, 1.807) is 48.1 Å². The normalized spacial score (nSPS) is 10.6. The van der Waals surface area contributed by atoms with Gasteiger partial charge in [-0.05, 0) is 42.0 Å². The second kappa shape index (κ2) is 10.6. The third kappa shape index (κ3) is 5.41. The number of aromatic nitrogens is 3. The van der Waals surface area contributed by atoms with Crippen LogP contribution in [0.15, 0.2) is 84.0 Å². The molecule has 0 aliphatic rings. The molecule has 4 rings (SSSR count). The molecule has 3 aromatic carbocycles. The van der Waals surface area contributed by atoms with E-state index in [0.29, 0.717) is 33.7 Å². The second-order valence-electron chi connectivity index (χ2n) is 7.19. The molecule has 0 saturated carbocycles. The van der Waals surface area contributed by atoms with Crippen LogP contribution in [0.5, 0.6) is 5.75 Å². The Morgan fingerprint density at radius 2 is 1.74 bits per heavy atom. The molecule has 172 valence electrons. The van der Waals surface area contributed by atoms with E-state index in [0.717, 1.165) is 5.56 Å². The van der Waals surface area contributed by atoms with Gasteiger partial charge in [-0.3, -0.25) is 19.5 Å². The third-order valence-corrected chi connectivity index (χ3v) is 5.99. The maximum Gasteiger partial charge on any atom is 0.269 e. The number of benzene rings is 3. The van der Waals surface area contributed by atoms with Gasteiger partial charge in [0.25, 0.3) is 11.6 Å². The molecule has 0 aliphatic carbocycles. The number of nitro benzene ring substituents is 1. The van der Waals surface area contributed by atoms with Gasteiger partial charge in [0.05, 0.1) is 18.6 Å². The number of rotatable bonds is 9. The number of nitrogens with zero attached hydrogens (tertiary/aromatic N) is 4. The van der Waals surface area contributed by atoms with E-state index in [9.17, 15) is 14.9 Å². The van der Waals surface area contributed by atoms with Crippen molar-refractivity contribution in [3.8, 4) is 11.4 Å². The summed E-state index contributed by atoms with van der Waals surface area (Å²) in [5.74, 6) is 1.57. The zero-order valence-electron chi connectivity index (χ0n) is 18.2. The Balaban J connectivity index is 1.57. The Labute approximate surface area is 199 Å². The monoisotopic (exact) mass is 475 g/mol. The lowest BCUT2D eigenvalue weighted by atomic mass is 10.2. The zero-order chi connectivity index (χ0) is 23.9. The summed E-state index contributed by atoms with van der Waals surface area (Å²) in [5.41, 5.74) is 2.27. The van der Waals surface area contributed by atoms with E-state index in [1.165, 1.54) is 23.9 Å². The summed E-state index contributed by atoms with van der Waals surface area (Å²) in [6.07, 6.45) is 0. The number of thioether (sulfide) groups is 1. The van der Waals surface area contributed by atoms with E-state index < -0.39 is 4.92 Å². The zero-order valence-corrected chi connectivity index (χ0v) is 19.1. The van der Waals surface area contributed by atoms with Crippen molar-refractivity contribution in [3.63, 3.8) is 0 Å². The van der Waals surface area contributed by atoms with Gasteiger partial charge in [-0.15, -0.1) is 10.2 Å². The van der Waals surface area contributed by atoms with E-state index >= 15 is 0 Å². The number of non-ortho nitro benzene ring substituents is 1. The van der Waals surface area contributed by atoms with Gasteiger partial charge in [-0.2, -0.15) is 0 Å². The first-order valence-electron chi connectivity index (χ1n) is 10.3. The standard InChI is InChI=1S/C24H21N5O4S/c1-33-21-13-7-18(8-14-21)23(30)25-15-22-26-27-24(34-16-17-5-3-2-4-6-17)28(22)19-9-11-20(12-10-19)29(31)32/h2-14H,15-16H2,1H3,(H,25,30). The Hall–Kier alpha value is -4.18. The van der Waals surface area contributed by atoms with Gasteiger partial charge in [-0.25, -0.2) is 0 Å². The SMILES string of the molecule is COc1ccc(C(=O)NCc2nnc(SCc3ccccc3)n2-c2ccc([N+](=O)[O-])cc2)cc1.